The third-order valence-electron chi connectivity index (χ3n) is 9.20. The first-order chi connectivity index (χ1) is 22.7. The van der Waals surface area contributed by atoms with E-state index in [0.29, 0.717) is 6.54 Å². The highest BCUT2D eigenvalue weighted by Crippen LogP contribution is 2.34. The third-order valence-corrected chi connectivity index (χ3v) is 9.20. The van der Waals surface area contributed by atoms with Crippen molar-refractivity contribution < 1.29 is 0 Å². The Hall–Kier alpha value is -5.32. The standard InChI is InChI=1S/C43H35N3/c44-42(39-21-11-10-18-35(39)30-13-2-1-3-14-30)46-43(34-23-22-29-12-4-5-16-32(29)26-34)45-28-41-37-20-9-7-17-33(37)27-40-36-19-8-6-15-31(36)24-25-38(40)41/h1-27,42-43,45-46H,28,44H2. The van der Waals surface area contributed by atoms with Gasteiger partial charge in [-0.25, -0.2) is 0 Å². The highest BCUT2D eigenvalue weighted by Gasteiger charge is 2.20. The molecule has 0 spiro atoms. The highest BCUT2D eigenvalue weighted by atomic mass is 15.2. The van der Waals surface area contributed by atoms with Gasteiger partial charge in [-0.2, -0.15) is 0 Å². The molecule has 8 rings (SSSR count). The molecule has 3 heteroatoms. The molecule has 0 heterocycles. The van der Waals surface area contributed by atoms with Crippen LogP contribution in [0.5, 0.6) is 0 Å². The summed E-state index contributed by atoms with van der Waals surface area (Å²) in [5.41, 5.74) is 12.8. The van der Waals surface area contributed by atoms with Gasteiger partial charge in [0.25, 0.3) is 0 Å². The molecule has 0 aliphatic heterocycles. The van der Waals surface area contributed by atoms with Crippen LogP contribution in [0.15, 0.2) is 164 Å². The molecule has 0 aromatic heterocycles. The van der Waals surface area contributed by atoms with E-state index in [-0.39, 0.29) is 6.17 Å². The maximum absolute atomic E-state index is 7.05. The van der Waals surface area contributed by atoms with E-state index in [9.17, 15) is 0 Å². The van der Waals surface area contributed by atoms with Gasteiger partial charge in [0.15, 0.2) is 0 Å². The summed E-state index contributed by atoms with van der Waals surface area (Å²) in [5, 5.41) is 17.7. The number of hydrogen-bond donors (Lipinski definition) is 3. The van der Waals surface area contributed by atoms with Gasteiger partial charge in [0.05, 0.1) is 12.3 Å². The van der Waals surface area contributed by atoms with E-state index in [1.54, 1.807) is 0 Å². The lowest BCUT2D eigenvalue weighted by atomic mass is 9.93. The van der Waals surface area contributed by atoms with E-state index in [4.69, 9.17) is 5.73 Å². The SMILES string of the molecule is NC(NC(NCc1c2ccccc2cc2c1ccc1ccccc12)c1ccc2ccccc2c1)c1ccccc1-c1ccccc1. The van der Waals surface area contributed by atoms with Crippen molar-refractivity contribution in [2.24, 2.45) is 5.73 Å². The number of benzene rings is 8. The molecule has 222 valence electrons. The van der Waals surface area contributed by atoms with Gasteiger partial charge >= 0.3 is 0 Å². The van der Waals surface area contributed by atoms with E-state index in [1.165, 1.54) is 48.7 Å². The van der Waals surface area contributed by atoms with Gasteiger partial charge in [0.1, 0.15) is 0 Å². The average Bonchev–Trinajstić information content (AvgIpc) is 3.12. The summed E-state index contributed by atoms with van der Waals surface area (Å²) >= 11 is 0. The van der Waals surface area contributed by atoms with Gasteiger partial charge in [-0.15, -0.1) is 0 Å². The molecule has 0 aliphatic carbocycles. The summed E-state index contributed by atoms with van der Waals surface area (Å²) in [6.45, 7) is 0.660. The first-order valence-electron chi connectivity index (χ1n) is 15.9. The fraction of sp³-hybridized carbons (Fsp3) is 0.0698. The Morgan fingerprint density at radius 2 is 1.13 bits per heavy atom. The van der Waals surface area contributed by atoms with E-state index in [0.717, 1.165) is 22.3 Å². The average molecular weight is 594 g/mol. The van der Waals surface area contributed by atoms with Gasteiger partial charge < -0.3 is 5.73 Å². The van der Waals surface area contributed by atoms with Crippen molar-refractivity contribution in [1.82, 2.24) is 10.6 Å². The minimum Gasteiger partial charge on any atom is -0.312 e. The van der Waals surface area contributed by atoms with Crippen LogP contribution in [-0.4, -0.2) is 0 Å². The van der Waals surface area contributed by atoms with Crippen LogP contribution in [0.25, 0.3) is 54.2 Å². The molecule has 0 bridgehead atoms. The van der Waals surface area contributed by atoms with Crippen molar-refractivity contribution >= 4 is 43.1 Å². The van der Waals surface area contributed by atoms with Crippen LogP contribution >= 0.6 is 0 Å². The highest BCUT2D eigenvalue weighted by molar-refractivity contribution is 6.14. The number of nitrogens with one attached hydrogen (secondary N) is 2. The monoisotopic (exact) mass is 593 g/mol. The van der Waals surface area contributed by atoms with Crippen molar-refractivity contribution in [1.29, 1.82) is 0 Å². The van der Waals surface area contributed by atoms with Crippen LogP contribution in [0, 0.1) is 0 Å². The molecule has 8 aromatic rings. The smallest absolute Gasteiger partial charge is 0.0852 e. The number of nitrogens with two attached hydrogens (primary N) is 1. The largest absolute Gasteiger partial charge is 0.312 e. The first kappa shape index (κ1) is 28.2. The van der Waals surface area contributed by atoms with Gasteiger partial charge in [-0.05, 0) is 83.0 Å². The second kappa shape index (κ2) is 12.2. The van der Waals surface area contributed by atoms with Crippen LogP contribution in [0.3, 0.4) is 0 Å². The Morgan fingerprint density at radius 1 is 0.478 bits per heavy atom. The Morgan fingerprint density at radius 3 is 1.98 bits per heavy atom. The molecular formula is C43H35N3. The first-order valence-corrected chi connectivity index (χ1v) is 15.9. The normalized spacial score (nSPS) is 13.0. The van der Waals surface area contributed by atoms with Gasteiger partial charge in [0, 0.05) is 6.54 Å². The molecule has 3 nitrogen and oxygen atoms in total. The lowest BCUT2D eigenvalue weighted by molar-refractivity contribution is 0.387. The molecule has 0 fully saturated rings. The third kappa shape index (κ3) is 5.31. The zero-order valence-corrected chi connectivity index (χ0v) is 25.5. The molecule has 8 aromatic carbocycles. The fourth-order valence-corrected chi connectivity index (χ4v) is 6.89. The molecular weight excluding hydrogens is 558 g/mol. The van der Waals surface area contributed by atoms with Crippen molar-refractivity contribution in [3.8, 4) is 11.1 Å². The quantitative estimate of drug-likeness (QED) is 0.0934. The lowest BCUT2D eigenvalue weighted by Gasteiger charge is -2.27. The maximum atomic E-state index is 7.05. The second-order valence-electron chi connectivity index (χ2n) is 12.0. The van der Waals surface area contributed by atoms with Gasteiger partial charge in [-0.1, -0.05) is 152 Å². The Labute approximate surface area is 269 Å². The van der Waals surface area contributed by atoms with Crippen molar-refractivity contribution in [2.75, 3.05) is 0 Å². The number of fused-ring (bicyclic) bond motifs is 5. The Balaban J connectivity index is 1.21. The molecule has 0 aliphatic rings. The minimum absolute atomic E-state index is 0.210. The van der Waals surface area contributed by atoms with Crippen LogP contribution in [0.2, 0.25) is 0 Å². The molecule has 2 unspecified atom stereocenters. The topological polar surface area (TPSA) is 50.1 Å². The zero-order chi connectivity index (χ0) is 30.9. The van der Waals surface area contributed by atoms with E-state index in [2.05, 4.69) is 168 Å². The second-order valence-corrected chi connectivity index (χ2v) is 12.0. The molecule has 0 amide bonds. The van der Waals surface area contributed by atoms with Crippen molar-refractivity contribution in [2.45, 2.75) is 18.9 Å². The molecule has 0 saturated heterocycles. The predicted molar refractivity (Wildman–Crippen MR) is 194 cm³/mol. The zero-order valence-electron chi connectivity index (χ0n) is 25.5. The summed E-state index contributed by atoms with van der Waals surface area (Å²) in [5.74, 6) is 0. The molecule has 46 heavy (non-hydrogen) atoms. The van der Waals surface area contributed by atoms with Crippen LogP contribution in [0.1, 0.15) is 29.0 Å². The van der Waals surface area contributed by atoms with Crippen LogP contribution in [0.4, 0.5) is 0 Å². The molecule has 0 radical (unpaired) electrons. The van der Waals surface area contributed by atoms with E-state index < -0.39 is 6.17 Å². The molecule has 0 saturated carbocycles. The van der Waals surface area contributed by atoms with Crippen molar-refractivity contribution in [3.63, 3.8) is 0 Å². The summed E-state index contributed by atoms with van der Waals surface area (Å²) in [6, 6.07) is 58.3. The fourth-order valence-electron chi connectivity index (χ4n) is 6.89. The van der Waals surface area contributed by atoms with Crippen LogP contribution < -0.4 is 16.4 Å². The van der Waals surface area contributed by atoms with Crippen molar-refractivity contribution in [3.05, 3.63) is 180 Å². The summed E-state index contributed by atoms with van der Waals surface area (Å²) in [4.78, 5) is 0. The minimum atomic E-state index is -0.409. The summed E-state index contributed by atoms with van der Waals surface area (Å²) in [7, 11) is 0. The maximum Gasteiger partial charge on any atom is 0.0852 e. The Bertz CT molecular complexity index is 2330. The van der Waals surface area contributed by atoms with E-state index in [1.807, 2.05) is 6.07 Å². The lowest BCUT2D eigenvalue weighted by Crippen LogP contribution is -2.40. The number of hydrogen-bond acceptors (Lipinski definition) is 3. The predicted octanol–water partition coefficient (Wildman–Crippen LogP) is 10.0. The van der Waals surface area contributed by atoms with Gasteiger partial charge in [-0.3, -0.25) is 10.6 Å². The number of rotatable bonds is 8. The summed E-state index contributed by atoms with van der Waals surface area (Å²) < 4.78 is 0. The van der Waals surface area contributed by atoms with E-state index >= 15 is 0 Å². The van der Waals surface area contributed by atoms with Gasteiger partial charge in [0.2, 0.25) is 0 Å². The van der Waals surface area contributed by atoms with Crippen LogP contribution in [-0.2, 0) is 6.54 Å². The molecule has 4 N–H and O–H groups in total. The summed E-state index contributed by atoms with van der Waals surface area (Å²) in [6.07, 6.45) is -0.619. The molecule has 2 atom stereocenters. The Kier molecular flexibility index (Phi) is 7.49.